The van der Waals surface area contributed by atoms with E-state index in [-0.39, 0.29) is 29.7 Å². The molecule has 7 aromatic rings. The largest absolute Gasteiger partial charge is 0.297 e. The highest BCUT2D eigenvalue weighted by Crippen LogP contribution is 2.43. The first-order valence-electron chi connectivity index (χ1n) is 14.4. The highest BCUT2D eigenvalue weighted by atomic mass is 15.1. The van der Waals surface area contributed by atoms with Crippen LogP contribution < -0.4 is 0 Å². The molecule has 0 N–H and O–H groups in total. The minimum absolute atomic E-state index is 0.205. The SMILES string of the molecule is [2H]c1c([2H])c([2H])c(-c2c3ccccc3c(-c3cccc(-n4c(C)nc5ccccc54)c3)c3ccccc23)c([2H])c1[2H]. The molecular weight excluding hydrogens is 436 g/mol. The van der Waals surface area contributed by atoms with E-state index >= 15 is 0 Å². The zero-order valence-electron chi connectivity index (χ0n) is 24.6. The van der Waals surface area contributed by atoms with Crippen molar-refractivity contribution in [3.8, 4) is 27.9 Å². The second kappa shape index (κ2) is 8.21. The number of aryl methyl sites for hydroxylation is 1. The van der Waals surface area contributed by atoms with E-state index in [4.69, 9.17) is 11.8 Å². The fraction of sp³-hybridized carbons (Fsp3) is 0.0294. The molecule has 0 aliphatic rings. The molecule has 7 rings (SSSR count). The van der Waals surface area contributed by atoms with Gasteiger partial charge in [0, 0.05) is 5.69 Å². The molecule has 0 saturated carbocycles. The molecule has 2 heteroatoms. The lowest BCUT2D eigenvalue weighted by atomic mass is 9.86. The van der Waals surface area contributed by atoms with Crippen LogP contribution in [-0.2, 0) is 0 Å². The van der Waals surface area contributed by atoms with Crippen molar-refractivity contribution in [1.29, 1.82) is 0 Å². The Hall–Kier alpha value is -4.69. The summed E-state index contributed by atoms with van der Waals surface area (Å²) in [5, 5.41) is 3.54. The summed E-state index contributed by atoms with van der Waals surface area (Å²) in [5.74, 6) is 0.898. The number of rotatable bonds is 3. The summed E-state index contributed by atoms with van der Waals surface area (Å²) in [6.07, 6.45) is 0. The Labute approximate surface area is 217 Å². The fourth-order valence-electron chi connectivity index (χ4n) is 5.36. The van der Waals surface area contributed by atoms with Crippen LogP contribution in [0.1, 0.15) is 12.7 Å². The van der Waals surface area contributed by atoms with Gasteiger partial charge in [0.15, 0.2) is 0 Å². The van der Waals surface area contributed by atoms with E-state index in [2.05, 4.69) is 28.8 Å². The van der Waals surface area contributed by atoms with Crippen molar-refractivity contribution in [2.75, 3.05) is 0 Å². The Balaban J connectivity index is 1.58. The number of fused-ring (bicyclic) bond motifs is 3. The Morgan fingerprint density at radius 3 is 1.86 bits per heavy atom. The maximum Gasteiger partial charge on any atom is 0.111 e. The van der Waals surface area contributed by atoms with Gasteiger partial charge in [-0.1, -0.05) is 103 Å². The van der Waals surface area contributed by atoms with Crippen LogP contribution in [0.2, 0.25) is 0 Å². The molecule has 0 spiro atoms. The maximum atomic E-state index is 8.75. The molecule has 1 heterocycles. The zero-order valence-corrected chi connectivity index (χ0v) is 19.6. The van der Waals surface area contributed by atoms with Crippen molar-refractivity contribution in [2.45, 2.75) is 6.92 Å². The molecule has 0 aliphatic heterocycles. The third kappa shape index (κ3) is 3.15. The Morgan fingerprint density at radius 2 is 1.19 bits per heavy atom. The van der Waals surface area contributed by atoms with E-state index in [0.29, 0.717) is 5.56 Å². The molecule has 0 aliphatic carbocycles. The summed E-state index contributed by atoms with van der Waals surface area (Å²) in [6, 6.07) is 30.8. The van der Waals surface area contributed by atoms with Crippen molar-refractivity contribution >= 4 is 32.6 Å². The van der Waals surface area contributed by atoms with Crippen molar-refractivity contribution in [1.82, 2.24) is 9.55 Å². The predicted molar refractivity (Wildman–Crippen MR) is 152 cm³/mol. The molecule has 36 heavy (non-hydrogen) atoms. The minimum Gasteiger partial charge on any atom is -0.297 e. The van der Waals surface area contributed by atoms with E-state index in [1.807, 2.05) is 79.7 Å². The monoisotopic (exact) mass is 465 g/mol. The zero-order chi connectivity index (χ0) is 28.4. The molecular formula is C34H24N2. The molecule has 2 nitrogen and oxygen atoms in total. The minimum atomic E-state index is -0.395. The Bertz CT molecular complexity index is 2100. The van der Waals surface area contributed by atoms with Crippen LogP contribution in [0.25, 0.3) is 60.5 Å². The first kappa shape index (κ1) is 16.1. The van der Waals surface area contributed by atoms with Gasteiger partial charge in [0.2, 0.25) is 0 Å². The van der Waals surface area contributed by atoms with E-state index in [1.54, 1.807) is 0 Å². The third-order valence-electron chi connectivity index (χ3n) is 6.80. The van der Waals surface area contributed by atoms with Crippen molar-refractivity contribution < 1.29 is 6.85 Å². The standard InChI is InChI=1S/C34H24N2/c1-23-35-31-20-9-10-21-32(31)36(23)26-15-11-14-25(22-26)34-29-18-7-5-16-27(29)33(24-12-3-2-4-13-24)28-17-6-8-19-30(28)34/h2-22H,1H3/i2D,3D,4D,12D,13D. The van der Waals surface area contributed by atoms with Gasteiger partial charge < -0.3 is 0 Å². The lowest BCUT2D eigenvalue weighted by Crippen LogP contribution is -1.97. The van der Waals surface area contributed by atoms with Crippen LogP contribution in [0, 0.1) is 6.92 Å². The van der Waals surface area contributed by atoms with E-state index < -0.39 is 6.04 Å². The average Bonchev–Trinajstić information content (AvgIpc) is 3.34. The number of nitrogens with zero attached hydrogens (tertiary/aromatic N) is 2. The number of hydrogen-bond acceptors (Lipinski definition) is 1. The normalized spacial score (nSPS) is 13.4. The first-order chi connectivity index (χ1) is 19.9. The molecule has 0 saturated heterocycles. The maximum absolute atomic E-state index is 8.75. The first-order valence-corrected chi connectivity index (χ1v) is 11.9. The molecule has 0 bridgehead atoms. The van der Waals surface area contributed by atoms with Gasteiger partial charge in [0.05, 0.1) is 17.9 Å². The van der Waals surface area contributed by atoms with Gasteiger partial charge >= 0.3 is 0 Å². The van der Waals surface area contributed by atoms with Crippen molar-refractivity contribution in [3.05, 3.63) is 133 Å². The lowest BCUT2D eigenvalue weighted by Gasteiger charge is -2.18. The number of imidazole rings is 1. The summed E-state index contributed by atoms with van der Waals surface area (Å²) in [4.78, 5) is 4.76. The highest BCUT2D eigenvalue weighted by molar-refractivity contribution is 6.21. The summed E-state index contributed by atoms with van der Waals surface area (Å²) >= 11 is 0. The van der Waals surface area contributed by atoms with Crippen LogP contribution in [0.15, 0.2) is 127 Å². The number of hydrogen-bond donors (Lipinski definition) is 0. The predicted octanol–water partition coefficient (Wildman–Crippen LogP) is 8.97. The van der Waals surface area contributed by atoms with E-state index in [0.717, 1.165) is 55.2 Å². The smallest absolute Gasteiger partial charge is 0.111 e. The molecule has 0 radical (unpaired) electrons. The second-order valence-electron chi connectivity index (χ2n) is 8.87. The van der Waals surface area contributed by atoms with Gasteiger partial charge in [-0.15, -0.1) is 0 Å². The van der Waals surface area contributed by atoms with Crippen molar-refractivity contribution in [2.24, 2.45) is 0 Å². The van der Waals surface area contributed by atoms with Crippen LogP contribution in [0.4, 0.5) is 0 Å². The topological polar surface area (TPSA) is 17.8 Å². The van der Waals surface area contributed by atoms with E-state index in [1.165, 1.54) is 0 Å². The van der Waals surface area contributed by atoms with Gasteiger partial charge in [0.1, 0.15) is 5.82 Å². The number of benzene rings is 6. The van der Waals surface area contributed by atoms with Crippen molar-refractivity contribution in [3.63, 3.8) is 0 Å². The summed E-state index contributed by atoms with van der Waals surface area (Å²) < 4.78 is 44.4. The molecule has 170 valence electrons. The van der Waals surface area contributed by atoms with Gasteiger partial charge in [-0.3, -0.25) is 4.57 Å². The number of aromatic nitrogens is 2. The van der Waals surface area contributed by atoms with Gasteiger partial charge in [-0.05, 0) is 75.0 Å². The van der Waals surface area contributed by atoms with Gasteiger partial charge in [-0.25, -0.2) is 4.98 Å². The van der Waals surface area contributed by atoms with Crippen LogP contribution in [0.5, 0.6) is 0 Å². The molecule has 6 aromatic carbocycles. The molecule has 0 atom stereocenters. The average molecular weight is 466 g/mol. The summed E-state index contributed by atoms with van der Waals surface area (Å²) in [6.45, 7) is 2.01. The van der Waals surface area contributed by atoms with E-state index in [9.17, 15) is 0 Å². The summed E-state index contributed by atoms with van der Waals surface area (Å²) in [7, 11) is 0. The molecule has 0 unspecified atom stereocenters. The Kier molecular flexibility index (Phi) is 3.67. The second-order valence-corrected chi connectivity index (χ2v) is 8.87. The fourth-order valence-corrected chi connectivity index (χ4v) is 5.36. The van der Waals surface area contributed by atoms with Crippen LogP contribution in [0.3, 0.4) is 0 Å². The van der Waals surface area contributed by atoms with Gasteiger partial charge in [-0.2, -0.15) is 0 Å². The van der Waals surface area contributed by atoms with Crippen LogP contribution in [-0.4, -0.2) is 9.55 Å². The molecule has 0 fully saturated rings. The number of para-hydroxylation sites is 2. The van der Waals surface area contributed by atoms with Gasteiger partial charge in [0.25, 0.3) is 0 Å². The molecule has 1 aromatic heterocycles. The lowest BCUT2D eigenvalue weighted by molar-refractivity contribution is 1.00. The Morgan fingerprint density at radius 1 is 0.611 bits per heavy atom. The summed E-state index contributed by atoms with van der Waals surface area (Å²) in [5.41, 5.74) is 5.86. The quantitative estimate of drug-likeness (QED) is 0.238. The van der Waals surface area contributed by atoms with Crippen LogP contribution >= 0.6 is 0 Å². The third-order valence-corrected chi connectivity index (χ3v) is 6.80. The molecule has 0 amide bonds. The highest BCUT2D eigenvalue weighted by Gasteiger charge is 2.17.